The lowest BCUT2D eigenvalue weighted by molar-refractivity contribution is -0.141. The molecule has 0 radical (unpaired) electrons. The van der Waals surface area contributed by atoms with E-state index in [0.717, 1.165) is 12.0 Å². The van der Waals surface area contributed by atoms with Gasteiger partial charge in [-0.2, -0.15) is 0 Å². The van der Waals surface area contributed by atoms with Gasteiger partial charge in [-0.05, 0) is 25.5 Å². The van der Waals surface area contributed by atoms with E-state index in [1.165, 1.54) is 6.92 Å². The van der Waals surface area contributed by atoms with Crippen molar-refractivity contribution in [2.75, 3.05) is 6.54 Å². The van der Waals surface area contributed by atoms with Gasteiger partial charge in [0.2, 0.25) is 0 Å². The number of aliphatic carboxylic acids is 1. The van der Waals surface area contributed by atoms with Gasteiger partial charge in [0.1, 0.15) is 5.76 Å². The highest BCUT2D eigenvalue weighted by molar-refractivity contribution is 5.94. The number of carbonyl (C=O) groups excluding carboxylic acids is 2. The molecule has 6 nitrogen and oxygen atoms in total. The van der Waals surface area contributed by atoms with Gasteiger partial charge >= 0.3 is 5.97 Å². The molecular formula is C19H21NO5. The van der Waals surface area contributed by atoms with Crippen LogP contribution in [-0.2, 0) is 4.79 Å². The third-order valence-corrected chi connectivity index (χ3v) is 3.90. The fraction of sp³-hybridized carbons (Fsp3) is 0.316. The first-order chi connectivity index (χ1) is 11.9. The van der Waals surface area contributed by atoms with Crippen LogP contribution in [-0.4, -0.2) is 29.3 Å². The number of rotatable bonds is 8. The Morgan fingerprint density at radius 1 is 1.12 bits per heavy atom. The highest BCUT2D eigenvalue weighted by Crippen LogP contribution is 2.23. The molecule has 6 heteroatoms. The number of Topliss-reactive ketones (excluding diaryl/α,β-unsaturated/α-hetero) is 1. The molecule has 0 spiro atoms. The molecule has 0 bridgehead atoms. The predicted octanol–water partition coefficient (Wildman–Crippen LogP) is 3.38. The van der Waals surface area contributed by atoms with Crippen molar-refractivity contribution >= 4 is 17.7 Å². The van der Waals surface area contributed by atoms with Crippen molar-refractivity contribution in [1.29, 1.82) is 0 Å². The summed E-state index contributed by atoms with van der Waals surface area (Å²) in [6.45, 7) is 3.45. The lowest BCUT2D eigenvalue weighted by atomic mass is 10.0. The maximum Gasteiger partial charge on any atom is 0.308 e. The Morgan fingerprint density at radius 3 is 2.36 bits per heavy atom. The molecule has 1 heterocycles. The molecule has 1 aromatic carbocycles. The van der Waals surface area contributed by atoms with E-state index >= 15 is 0 Å². The lowest BCUT2D eigenvalue weighted by Gasteiger charge is -2.11. The van der Waals surface area contributed by atoms with Crippen LogP contribution in [0, 0.1) is 5.92 Å². The minimum Gasteiger partial charge on any atom is -0.481 e. The van der Waals surface area contributed by atoms with Crippen LogP contribution in [0.2, 0.25) is 0 Å². The van der Waals surface area contributed by atoms with Gasteiger partial charge in [-0.1, -0.05) is 37.6 Å². The monoisotopic (exact) mass is 343 g/mol. The smallest absolute Gasteiger partial charge is 0.308 e. The molecule has 0 saturated heterocycles. The van der Waals surface area contributed by atoms with Crippen LogP contribution >= 0.6 is 0 Å². The molecule has 25 heavy (non-hydrogen) atoms. The third kappa shape index (κ3) is 4.79. The number of hydrogen-bond donors (Lipinski definition) is 2. The number of carboxylic acids is 1. The van der Waals surface area contributed by atoms with Gasteiger partial charge in [-0.15, -0.1) is 0 Å². The quantitative estimate of drug-likeness (QED) is 0.716. The van der Waals surface area contributed by atoms with Crippen LogP contribution < -0.4 is 5.32 Å². The normalized spacial score (nSPS) is 11.8. The molecule has 2 aromatic rings. The van der Waals surface area contributed by atoms with Crippen molar-refractivity contribution in [3.05, 3.63) is 47.7 Å². The van der Waals surface area contributed by atoms with Gasteiger partial charge in [0.15, 0.2) is 11.5 Å². The first-order valence-electron chi connectivity index (χ1n) is 8.14. The summed E-state index contributed by atoms with van der Waals surface area (Å²) in [6, 6.07) is 10.1. The van der Waals surface area contributed by atoms with Crippen molar-refractivity contribution in [2.45, 2.75) is 26.7 Å². The topological polar surface area (TPSA) is 96.6 Å². The van der Waals surface area contributed by atoms with Gasteiger partial charge in [0.25, 0.3) is 5.91 Å². The predicted molar refractivity (Wildman–Crippen MR) is 92.5 cm³/mol. The van der Waals surface area contributed by atoms with E-state index in [9.17, 15) is 14.4 Å². The van der Waals surface area contributed by atoms with E-state index < -0.39 is 17.8 Å². The molecule has 1 atom stereocenters. The lowest BCUT2D eigenvalue weighted by Crippen LogP contribution is -2.32. The number of furan rings is 1. The highest BCUT2D eigenvalue weighted by Gasteiger charge is 2.19. The van der Waals surface area contributed by atoms with Gasteiger partial charge in [-0.25, -0.2) is 0 Å². The fourth-order valence-corrected chi connectivity index (χ4v) is 2.45. The van der Waals surface area contributed by atoms with Crippen molar-refractivity contribution in [3.63, 3.8) is 0 Å². The van der Waals surface area contributed by atoms with Crippen molar-refractivity contribution in [2.24, 2.45) is 5.92 Å². The van der Waals surface area contributed by atoms with Crippen molar-refractivity contribution in [3.8, 4) is 11.3 Å². The Kier molecular flexibility index (Phi) is 6.11. The summed E-state index contributed by atoms with van der Waals surface area (Å²) < 4.78 is 5.54. The van der Waals surface area contributed by atoms with E-state index in [1.54, 1.807) is 36.4 Å². The molecule has 0 aliphatic carbocycles. The first kappa shape index (κ1) is 18.4. The zero-order valence-electron chi connectivity index (χ0n) is 14.2. The standard InChI is InChI=1S/C19H21NO5/c1-3-4-15(19(23)24)11-20-18(22)17-10-9-16(25-17)14-7-5-13(6-8-14)12(2)21/h5-10,15H,3-4,11H2,1-2H3,(H,20,22)(H,23,24). The second-order valence-corrected chi connectivity index (χ2v) is 5.83. The van der Waals surface area contributed by atoms with E-state index in [1.807, 2.05) is 6.92 Å². The molecule has 1 aromatic heterocycles. The van der Waals surface area contributed by atoms with Gasteiger partial charge in [0, 0.05) is 17.7 Å². The SMILES string of the molecule is CCCC(CNC(=O)c1ccc(-c2ccc(C(C)=O)cc2)o1)C(=O)O. The van der Waals surface area contributed by atoms with Crippen molar-refractivity contribution in [1.82, 2.24) is 5.32 Å². The highest BCUT2D eigenvalue weighted by atomic mass is 16.4. The van der Waals surface area contributed by atoms with E-state index in [0.29, 0.717) is 17.7 Å². The van der Waals surface area contributed by atoms with E-state index in [-0.39, 0.29) is 18.1 Å². The maximum atomic E-state index is 12.1. The number of benzene rings is 1. The Bertz CT molecular complexity index is 760. The fourth-order valence-electron chi connectivity index (χ4n) is 2.45. The van der Waals surface area contributed by atoms with Crippen molar-refractivity contribution < 1.29 is 23.9 Å². The zero-order chi connectivity index (χ0) is 18.4. The number of carbonyl (C=O) groups is 3. The number of hydrogen-bond acceptors (Lipinski definition) is 4. The van der Waals surface area contributed by atoms with Crippen LogP contribution in [0.1, 0.15) is 47.6 Å². The van der Waals surface area contributed by atoms with Crippen LogP contribution in [0.3, 0.4) is 0 Å². The molecule has 0 saturated carbocycles. The van der Waals surface area contributed by atoms with Crippen LogP contribution in [0.25, 0.3) is 11.3 Å². The summed E-state index contributed by atoms with van der Waals surface area (Å²) in [6.07, 6.45) is 1.23. The molecule has 0 aliphatic rings. The summed E-state index contributed by atoms with van der Waals surface area (Å²) in [7, 11) is 0. The molecule has 1 amide bonds. The molecule has 0 fully saturated rings. The van der Waals surface area contributed by atoms with Gasteiger partial charge in [-0.3, -0.25) is 14.4 Å². The number of ketones is 1. The number of nitrogens with one attached hydrogen (secondary N) is 1. The zero-order valence-corrected chi connectivity index (χ0v) is 14.2. The molecule has 0 aliphatic heterocycles. The van der Waals surface area contributed by atoms with Crippen LogP contribution in [0.15, 0.2) is 40.8 Å². The molecule has 132 valence electrons. The number of carboxylic acid groups (broad SMARTS) is 1. The largest absolute Gasteiger partial charge is 0.481 e. The first-order valence-corrected chi connectivity index (χ1v) is 8.14. The number of amides is 1. The van der Waals surface area contributed by atoms with E-state index in [4.69, 9.17) is 9.52 Å². The molecule has 2 rings (SSSR count). The average molecular weight is 343 g/mol. The molecular weight excluding hydrogens is 322 g/mol. The van der Waals surface area contributed by atoms with Gasteiger partial charge in [0.05, 0.1) is 5.92 Å². The molecule has 2 N–H and O–H groups in total. The summed E-state index contributed by atoms with van der Waals surface area (Å²) in [5, 5.41) is 11.7. The van der Waals surface area contributed by atoms with Gasteiger partial charge < -0.3 is 14.8 Å². The maximum absolute atomic E-state index is 12.1. The Balaban J connectivity index is 2.03. The van der Waals surface area contributed by atoms with Crippen LogP contribution in [0.4, 0.5) is 0 Å². The minimum atomic E-state index is -0.923. The third-order valence-electron chi connectivity index (χ3n) is 3.90. The Morgan fingerprint density at radius 2 is 1.80 bits per heavy atom. The Labute approximate surface area is 145 Å². The summed E-state index contributed by atoms with van der Waals surface area (Å²) >= 11 is 0. The minimum absolute atomic E-state index is 0.0221. The van der Waals surface area contributed by atoms with E-state index in [2.05, 4.69) is 5.32 Å². The summed E-state index contributed by atoms with van der Waals surface area (Å²) in [5.41, 5.74) is 1.35. The second kappa shape index (κ2) is 8.28. The Hall–Kier alpha value is -2.89. The second-order valence-electron chi connectivity index (χ2n) is 5.83. The molecule has 1 unspecified atom stereocenters. The van der Waals surface area contributed by atoms with Crippen LogP contribution in [0.5, 0.6) is 0 Å². The summed E-state index contributed by atoms with van der Waals surface area (Å²) in [5.74, 6) is -1.38. The average Bonchev–Trinajstić information content (AvgIpc) is 3.08. The summed E-state index contributed by atoms with van der Waals surface area (Å²) in [4.78, 5) is 34.5.